The van der Waals surface area contributed by atoms with Crippen LogP contribution in [0.5, 0.6) is 5.75 Å². The van der Waals surface area contributed by atoms with Crippen LogP contribution in [0, 0.1) is 5.82 Å². The Morgan fingerprint density at radius 2 is 1.74 bits per heavy atom. The fourth-order valence-corrected chi connectivity index (χ4v) is 3.29. The van der Waals surface area contributed by atoms with Gasteiger partial charge in [-0.25, -0.2) is 9.18 Å². The van der Waals surface area contributed by atoms with Crippen LogP contribution in [0.2, 0.25) is 0 Å². The van der Waals surface area contributed by atoms with Crippen LogP contribution >= 0.6 is 0 Å². The molecule has 180 valence electrons. The summed E-state index contributed by atoms with van der Waals surface area (Å²) in [5.41, 5.74) is 1.24. The molecule has 9 heteroatoms. The lowest BCUT2D eigenvalue weighted by atomic mass is 10.2. The molecule has 0 unspecified atom stereocenters. The second-order valence-corrected chi connectivity index (χ2v) is 7.50. The minimum Gasteiger partial charge on any atom is -0.495 e. The summed E-state index contributed by atoms with van der Waals surface area (Å²) in [5, 5.41) is 2.79. The second kappa shape index (κ2) is 12.4. The molecule has 0 aliphatic rings. The first-order chi connectivity index (χ1) is 16.5. The van der Waals surface area contributed by atoms with Crippen LogP contribution in [0.1, 0.15) is 11.3 Å². The van der Waals surface area contributed by atoms with Crippen LogP contribution in [-0.2, 0) is 22.6 Å². The molecule has 1 aromatic heterocycles. The van der Waals surface area contributed by atoms with Crippen molar-refractivity contribution in [1.82, 2.24) is 9.80 Å². The predicted molar refractivity (Wildman–Crippen MR) is 125 cm³/mol. The van der Waals surface area contributed by atoms with Gasteiger partial charge >= 0.3 is 6.03 Å². The highest BCUT2D eigenvalue weighted by Crippen LogP contribution is 2.23. The molecule has 34 heavy (non-hydrogen) atoms. The third-order valence-electron chi connectivity index (χ3n) is 5.09. The van der Waals surface area contributed by atoms with E-state index in [1.165, 1.54) is 37.5 Å². The Morgan fingerprint density at radius 3 is 2.41 bits per heavy atom. The number of hydrogen-bond acceptors (Lipinski definition) is 5. The number of nitrogens with one attached hydrogen (secondary N) is 1. The van der Waals surface area contributed by atoms with E-state index in [4.69, 9.17) is 13.9 Å². The zero-order valence-corrected chi connectivity index (χ0v) is 19.2. The van der Waals surface area contributed by atoms with Gasteiger partial charge in [-0.3, -0.25) is 4.79 Å². The largest absolute Gasteiger partial charge is 0.495 e. The lowest BCUT2D eigenvalue weighted by molar-refractivity contribution is -0.133. The Hall–Kier alpha value is -3.85. The number of para-hydroxylation sites is 2. The summed E-state index contributed by atoms with van der Waals surface area (Å²) in [4.78, 5) is 29.3. The van der Waals surface area contributed by atoms with Crippen molar-refractivity contribution in [3.8, 4) is 5.75 Å². The first-order valence-corrected chi connectivity index (χ1v) is 10.7. The molecule has 8 nitrogen and oxygen atoms in total. The number of furan rings is 1. The van der Waals surface area contributed by atoms with Crippen LogP contribution in [-0.4, -0.2) is 55.7 Å². The standard InChI is InChI=1S/C25H28FN3O5/c1-32-15-13-28(25(31)27-22-7-3-4-8-23(22)33-2)18-24(30)29(17-21-6-5-14-34-21)16-19-9-11-20(26)12-10-19/h3-12,14H,13,15-18H2,1-2H3,(H,27,31). The van der Waals surface area contributed by atoms with Crippen molar-refractivity contribution < 1.29 is 27.9 Å². The van der Waals surface area contributed by atoms with E-state index in [9.17, 15) is 14.0 Å². The molecule has 3 aromatic rings. The third kappa shape index (κ3) is 7.08. The number of ether oxygens (including phenoxy) is 2. The van der Waals surface area contributed by atoms with Crippen molar-refractivity contribution in [3.63, 3.8) is 0 Å². The number of anilines is 1. The minimum atomic E-state index is -0.463. The maximum atomic E-state index is 13.3. The minimum absolute atomic E-state index is 0.188. The molecule has 0 fully saturated rings. The van der Waals surface area contributed by atoms with Gasteiger partial charge in [0.15, 0.2) is 0 Å². The number of nitrogens with zero attached hydrogens (tertiary/aromatic N) is 2. The van der Waals surface area contributed by atoms with Gasteiger partial charge in [0, 0.05) is 20.2 Å². The van der Waals surface area contributed by atoms with Gasteiger partial charge in [-0.05, 0) is 42.0 Å². The molecule has 0 radical (unpaired) electrons. The number of urea groups is 1. The first kappa shape index (κ1) is 24.8. The molecule has 1 heterocycles. The molecule has 3 amide bonds. The van der Waals surface area contributed by atoms with Gasteiger partial charge in [0.25, 0.3) is 0 Å². The molecule has 0 aliphatic heterocycles. The van der Waals surface area contributed by atoms with Crippen LogP contribution in [0.3, 0.4) is 0 Å². The average Bonchev–Trinajstić information content (AvgIpc) is 3.36. The van der Waals surface area contributed by atoms with Crippen molar-refractivity contribution >= 4 is 17.6 Å². The van der Waals surface area contributed by atoms with Gasteiger partial charge in [-0.15, -0.1) is 0 Å². The third-order valence-corrected chi connectivity index (χ3v) is 5.09. The molecule has 0 saturated heterocycles. The molecular formula is C25H28FN3O5. The summed E-state index contributed by atoms with van der Waals surface area (Å²) in [6, 6.07) is 16.0. The van der Waals surface area contributed by atoms with Gasteiger partial charge in [0.05, 0.1) is 32.2 Å². The number of hydrogen-bond donors (Lipinski definition) is 1. The van der Waals surface area contributed by atoms with E-state index in [0.717, 1.165) is 5.56 Å². The SMILES string of the molecule is COCCN(CC(=O)N(Cc1ccc(F)cc1)Cc1ccco1)C(=O)Nc1ccccc1OC. The molecule has 2 aromatic carbocycles. The maximum absolute atomic E-state index is 13.3. The second-order valence-electron chi connectivity index (χ2n) is 7.50. The fourth-order valence-electron chi connectivity index (χ4n) is 3.29. The average molecular weight is 470 g/mol. The quantitative estimate of drug-likeness (QED) is 0.456. The number of carbonyl (C=O) groups is 2. The van der Waals surface area contributed by atoms with Crippen molar-refractivity contribution in [2.45, 2.75) is 13.1 Å². The van der Waals surface area contributed by atoms with Crippen molar-refractivity contribution in [1.29, 1.82) is 0 Å². The van der Waals surface area contributed by atoms with E-state index < -0.39 is 6.03 Å². The smallest absolute Gasteiger partial charge is 0.322 e. The van der Waals surface area contributed by atoms with Crippen LogP contribution in [0.4, 0.5) is 14.9 Å². The first-order valence-electron chi connectivity index (χ1n) is 10.7. The number of halogens is 1. The summed E-state index contributed by atoms with van der Waals surface area (Å²) in [6.45, 7) is 0.699. The Morgan fingerprint density at radius 1 is 0.971 bits per heavy atom. The van der Waals surface area contributed by atoms with Gasteiger partial charge in [0.1, 0.15) is 23.9 Å². The fraction of sp³-hybridized carbons (Fsp3) is 0.280. The van der Waals surface area contributed by atoms with Crippen LogP contribution in [0.15, 0.2) is 71.3 Å². The summed E-state index contributed by atoms with van der Waals surface area (Å²) >= 11 is 0. The highest BCUT2D eigenvalue weighted by atomic mass is 19.1. The van der Waals surface area contributed by atoms with E-state index in [1.54, 1.807) is 53.4 Å². The van der Waals surface area contributed by atoms with Crippen LogP contribution in [0.25, 0.3) is 0 Å². The zero-order valence-electron chi connectivity index (χ0n) is 19.2. The number of rotatable bonds is 11. The molecule has 0 atom stereocenters. The summed E-state index contributed by atoms with van der Waals surface area (Å²) in [6.07, 6.45) is 1.53. The monoisotopic (exact) mass is 469 g/mol. The van der Waals surface area contributed by atoms with E-state index in [0.29, 0.717) is 17.2 Å². The number of methoxy groups -OCH3 is 2. The highest BCUT2D eigenvalue weighted by Gasteiger charge is 2.23. The summed E-state index contributed by atoms with van der Waals surface area (Å²) in [7, 11) is 3.04. The van der Waals surface area contributed by atoms with E-state index in [2.05, 4.69) is 5.32 Å². The lowest BCUT2D eigenvalue weighted by Gasteiger charge is -2.27. The Balaban J connectivity index is 1.76. The topological polar surface area (TPSA) is 84.2 Å². The van der Waals surface area contributed by atoms with E-state index in [1.807, 2.05) is 0 Å². The molecule has 1 N–H and O–H groups in total. The number of carbonyl (C=O) groups excluding carboxylic acids is 2. The maximum Gasteiger partial charge on any atom is 0.322 e. The van der Waals surface area contributed by atoms with Gasteiger partial charge in [-0.2, -0.15) is 0 Å². The van der Waals surface area contributed by atoms with Gasteiger partial charge < -0.3 is 29.0 Å². The summed E-state index contributed by atoms with van der Waals surface area (Å²) in [5.74, 6) is 0.445. The Kier molecular flexibility index (Phi) is 9.04. The predicted octanol–water partition coefficient (Wildman–Crippen LogP) is 4.14. The van der Waals surface area contributed by atoms with Crippen molar-refractivity contribution in [2.75, 3.05) is 39.2 Å². The number of amides is 3. The van der Waals surface area contributed by atoms with Crippen molar-refractivity contribution in [2.24, 2.45) is 0 Å². The highest BCUT2D eigenvalue weighted by molar-refractivity contribution is 5.93. The molecule has 0 bridgehead atoms. The normalized spacial score (nSPS) is 10.6. The molecular weight excluding hydrogens is 441 g/mol. The Bertz CT molecular complexity index is 1060. The van der Waals surface area contributed by atoms with E-state index >= 15 is 0 Å². The van der Waals surface area contributed by atoms with Crippen molar-refractivity contribution in [3.05, 3.63) is 84.1 Å². The van der Waals surface area contributed by atoms with Gasteiger partial charge in [-0.1, -0.05) is 24.3 Å². The van der Waals surface area contributed by atoms with Crippen LogP contribution < -0.4 is 10.1 Å². The van der Waals surface area contributed by atoms with Gasteiger partial charge in [0.2, 0.25) is 5.91 Å². The summed E-state index contributed by atoms with van der Waals surface area (Å²) < 4.78 is 29.2. The lowest BCUT2D eigenvalue weighted by Crippen LogP contribution is -2.45. The Labute approximate surface area is 197 Å². The molecule has 0 aliphatic carbocycles. The molecule has 0 saturated carbocycles. The number of benzene rings is 2. The van der Waals surface area contributed by atoms with E-state index in [-0.39, 0.29) is 44.5 Å². The molecule has 0 spiro atoms. The zero-order chi connectivity index (χ0) is 24.3. The molecule has 3 rings (SSSR count).